The monoisotopic (exact) mass is 389 g/mol. The molecular weight excluding hydrogens is 362 g/mol. The number of aromatic nitrogens is 1. The van der Waals surface area contributed by atoms with Gasteiger partial charge in [-0.3, -0.25) is 9.59 Å². The molecule has 0 aliphatic heterocycles. The Morgan fingerprint density at radius 3 is 2.24 bits per heavy atom. The third-order valence-corrected chi connectivity index (χ3v) is 4.89. The number of nitrogens with zero attached hydrogens (tertiary/aromatic N) is 2. The molecular formula is C24H27N3O2. The van der Waals surface area contributed by atoms with Crippen LogP contribution in [0.15, 0.2) is 79.1 Å². The lowest BCUT2D eigenvalue weighted by Crippen LogP contribution is -2.48. The van der Waals surface area contributed by atoms with Crippen LogP contribution in [0.25, 0.3) is 0 Å². The van der Waals surface area contributed by atoms with E-state index in [1.54, 1.807) is 24.1 Å². The number of rotatable bonds is 8. The molecule has 0 aliphatic rings. The average molecular weight is 389 g/mol. The molecule has 1 aromatic heterocycles. The summed E-state index contributed by atoms with van der Waals surface area (Å²) < 4.78 is 2.08. The molecule has 0 aliphatic carbocycles. The third-order valence-electron chi connectivity index (χ3n) is 4.89. The van der Waals surface area contributed by atoms with Crippen LogP contribution >= 0.6 is 0 Å². The van der Waals surface area contributed by atoms with E-state index in [9.17, 15) is 9.59 Å². The first-order valence-corrected chi connectivity index (χ1v) is 9.86. The minimum atomic E-state index is -0.636. The van der Waals surface area contributed by atoms with E-state index in [-0.39, 0.29) is 11.8 Å². The van der Waals surface area contributed by atoms with E-state index in [0.29, 0.717) is 18.5 Å². The minimum absolute atomic E-state index is 0.109. The molecule has 1 heterocycles. The van der Waals surface area contributed by atoms with Crippen molar-refractivity contribution in [2.75, 3.05) is 7.05 Å². The Bertz CT molecular complexity index is 935. The predicted octanol–water partition coefficient (Wildman–Crippen LogP) is 3.51. The van der Waals surface area contributed by atoms with Crippen molar-refractivity contribution >= 4 is 11.8 Å². The van der Waals surface area contributed by atoms with Gasteiger partial charge in [-0.2, -0.15) is 0 Å². The second kappa shape index (κ2) is 9.73. The maximum Gasteiger partial charge on any atom is 0.251 e. The first kappa shape index (κ1) is 20.4. The fraction of sp³-hybridized carbons (Fsp3) is 0.250. The van der Waals surface area contributed by atoms with E-state index in [2.05, 4.69) is 16.8 Å². The number of aryl methyl sites for hydroxylation is 1. The van der Waals surface area contributed by atoms with Crippen molar-refractivity contribution in [3.05, 3.63) is 95.8 Å². The number of amides is 2. The molecule has 2 aromatic carbocycles. The van der Waals surface area contributed by atoms with Gasteiger partial charge in [0.2, 0.25) is 5.91 Å². The maximum absolute atomic E-state index is 13.2. The SMILES string of the molecule is CCn1ccc(CN(C)C(=O)C(Cc2ccccc2)NC(=O)c2ccccc2)c1. The first-order chi connectivity index (χ1) is 14.1. The fourth-order valence-corrected chi connectivity index (χ4v) is 3.28. The van der Waals surface area contributed by atoms with E-state index in [4.69, 9.17) is 0 Å². The van der Waals surface area contributed by atoms with Crippen molar-refractivity contribution in [2.24, 2.45) is 0 Å². The smallest absolute Gasteiger partial charge is 0.251 e. The van der Waals surface area contributed by atoms with E-state index in [1.807, 2.05) is 67.0 Å². The van der Waals surface area contributed by atoms with E-state index >= 15 is 0 Å². The molecule has 3 aromatic rings. The summed E-state index contributed by atoms with van der Waals surface area (Å²) in [5.74, 6) is -0.354. The van der Waals surface area contributed by atoms with Gasteiger partial charge in [-0.15, -0.1) is 0 Å². The van der Waals surface area contributed by atoms with Crippen LogP contribution in [0.5, 0.6) is 0 Å². The maximum atomic E-state index is 13.2. The van der Waals surface area contributed by atoms with Gasteiger partial charge in [-0.05, 0) is 36.2 Å². The largest absolute Gasteiger partial charge is 0.354 e. The fourth-order valence-electron chi connectivity index (χ4n) is 3.28. The highest BCUT2D eigenvalue weighted by Crippen LogP contribution is 2.11. The summed E-state index contributed by atoms with van der Waals surface area (Å²) in [6.07, 6.45) is 4.49. The Morgan fingerprint density at radius 1 is 0.966 bits per heavy atom. The molecule has 5 heteroatoms. The number of hydrogen-bond acceptors (Lipinski definition) is 2. The highest BCUT2D eigenvalue weighted by Gasteiger charge is 2.25. The van der Waals surface area contributed by atoms with Gasteiger partial charge in [0.1, 0.15) is 6.04 Å². The zero-order chi connectivity index (χ0) is 20.6. The number of carbonyl (C=O) groups excluding carboxylic acids is 2. The third kappa shape index (κ3) is 5.57. The number of hydrogen-bond donors (Lipinski definition) is 1. The number of nitrogens with one attached hydrogen (secondary N) is 1. The molecule has 1 unspecified atom stereocenters. The Labute approximate surface area is 172 Å². The van der Waals surface area contributed by atoms with Crippen molar-refractivity contribution in [1.29, 1.82) is 0 Å². The van der Waals surface area contributed by atoms with Crippen molar-refractivity contribution < 1.29 is 9.59 Å². The lowest BCUT2D eigenvalue weighted by Gasteiger charge is -2.25. The summed E-state index contributed by atoms with van der Waals surface area (Å²) >= 11 is 0. The first-order valence-electron chi connectivity index (χ1n) is 9.86. The van der Waals surface area contributed by atoms with Crippen LogP contribution in [0.1, 0.15) is 28.4 Å². The summed E-state index contributed by atoms with van der Waals surface area (Å²) in [7, 11) is 1.78. The molecule has 29 heavy (non-hydrogen) atoms. The van der Waals surface area contributed by atoms with Crippen LogP contribution in [0, 0.1) is 0 Å². The second-order valence-corrected chi connectivity index (χ2v) is 7.13. The van der Waals surface area contributed by atoms with Gasteiger partial charge >= 0.3 is 0 Å². The van der Waals surface area contributed by atoms with E-state index < -0.39 is 6.04 Å². The van der Waals surface area contributed by atoms with Gasteiger partial charge in [0.15, 0.2) is 0 Å². The van der Waals surface area contributed by atoms with E-state index in [1.165, 1.54) is 0 Å². The molecule has 1 N–H and O–H groups in total. The lowest BCUT2D eigenvalue weighted by molar-refractivity contribution is -0.132. The van der Waals surface area contributed by atoms with E-state index in [0.717, 1.165) is 17.7 Å². The van der Waals surface area contributed by atoms with Crippen LogP contribution in [-0.2, 0) is 24.3 Å². The van der Waals surface area contributed by atoms with Crippen LogP contribution < -0.4 is 5.32 Å². The molecule has 0 saturated carbocycles. The molecule has 2 amide bonds. The predicted molar refractivity (Wildman–Crippen MR) is 114 cm³/mol. The van der Waals surface area contributed by atoms with Crippen LogP contribution in [-0.4, -0.2) is 34.4 Å². The molecule has 0 fully saturated rings. The Balaban J connectivity index is 1.75. The number of carbonyl (C=O) groups is 2. The molecule has 0 saturated heterocycles. The molecule has 0 bridgehead atoms. The molecule has 1 atom stereocenters. The Hall–Kier alpha value is -3.34. The summed E-state index contributed by atoms with van der Waals surface area (Å²) in [6.45, 7) is 3.47. The van der Waals surface area contributed by atoms with Crippen molar-refractivity contribution in [1.82, 2.24) is 14.8 Å². The summed E-state index contributed by atoms with van der Waals surface area (Å²) in [5, 5.41) is 2.93. The highest BCUT2D eigenvalue weighted by molar-refractivity contribution is 5.97. The Morgan fingerprint density at radius 2 is 1.62 bits per heavy atom. The minimum Gasteiger partial charge on any atom is -0.354 e. The number of likely N-dealkylation sites (N-methyl/N-ethyl adjacent to an activating group) is 1. The van der Waals surface area contributed by atoms with Gasteiger partial charge < -0.3 is 14.8 Å². The molecule has 5 nitrogen and oxygen atoms in total. The van der Waals surface area contributed by atoms with Gasteiger partial charge in [0.05, 0.1) is 0 Å². The standard InChI is InChI=1S/C24H27N3O2/c1-3-27-15-14-20(18-27)17-26(2)24(29)22(16-19-10-6-4-7-11-19)25-23(28)21-12-8-5-9-13-21/h4-15,18,22H,3,16-17H2,1-2H3,(H,25,28). The summed E-state index contributed by atoms with van der Waals surface area (Å²) in [6, 6.07) is 20.1. The van der Waals surface area contributed by atoms with Crippen LogP contribution in [0.3, 0.4) is 0 Å². The van der Waals surface area contributed by atoms with Gasteiger partial charge in [-0.25, -0.2) is 0 Å². The van der Waals surface area contributed by atoms with Crippen molar-refractivity contribution in [2.45, 2.75) is 32.5 Å². The number of benzene rings is 2. The second-order valence-electron chi connectivity index (χ2n) is 7.13. The van der Waals surface area contributed by atoms with Gasteiger partial charge in [0, 0.05) is 44.5 Å². The summed E-state index contributed by atoms with van der Waals surface area (Å²) in [5.41, 5.74) is 2.61. The van der Waals surface area contributed by atoms with Crippen molar-refractivity contribution in [3.8, 4) is 0 Å². The summed E-state index contributed by atoms with van der Waals surface area (Å²) in [4.78, 5) is 27.6. The Kier molecular flexibility index (Phi) is 6.85. The topological polar surface area (TPSA) is 54.3 Å². The quantitative estimate of drug-likeness (QED) is 0.641. The molecule has 0 spiro atoms. The molecule has 0 radical (unpaired) electrons. The van der Waals surface area contributed by atoms with Crippen molar-refractivity contribution in [3.63, 3.8) is 0 Å². The molecule has 150 valence electrons. The lowest BCUT2D eigenvalue weighted by atomic mass is 10.0. The van der Waals surface area contributed by atoms with Crippen LogP contribution in [0.4, 0.5) is 0 Å². The average Bonchev–Trinajstić information content (AvgIpc) is 3.21. The molecule has 3 rings (SSSR count). The van der Waals surface area contributed by atoms with Crippen LogP contribution in [0.2, 0.25) is 0 Å². The zero-order valence-corrected chi connectivity index (χ0v) is 16.9. The van der Waals surface area contributed by atoms with Gasteiger partial charge in [0.25, 0.3) is 5.91 Å². The highest BCUT2D eigenvalue weighted by atomic mass is 16.2. The zero-order valence-electron chi connectivity index (χ0n) is 16.9. The van der Waals surface area contributed by atoms with Gasteiger partial charge in [-0.1, -0.05) is 48.5 Å². The normalized spacial score (nSPS) is 11.7.